The molecule has 1 nitrogen and oxygen atoms in total. The average molecular weight is 312 g/mol. The van der Waals surface area contributed by atoms with Gasteiger partial charge in [-0.25, -0.2) is 0 Å². The number of carbonyl (C=O) groups excluding carboxylic acids is 1. The maximum atomic E-state index is 12.5. The second kappa shape index (κ2) is 5.54. The summed E-state index contributed by atoms with van der Waals surface area (Å²) in [7, 11) is 0. The molecule has 4 rings (SSSR count). The van der Waals surface area contributed by atoms with Gasteiger partial charge in [-0.1, -0.05) is 48.2 Å². The van der Waals surface area contributed by atoms with Gasteiger partial charge in [-0.3, -0.25) is 4.79 Å². The second-order valence-corrected chi connectivity index (χ2v) is 7.79. The van der Waals surface area contributed by atoms with Crippen LogP contribution in [0.2, 0.25) is 0 Å². The normalized spacial score (nSPS) is 21.7. The first-order valence-corrected chi connectivity index (χ1v) is 9.28. The first-order chi connectivity index (χ1) is 10.3. The van der Waals surface area contributed by atoms with Crippen molar-refractivity contribution in [3.8, 4) is 0 Å². The minimum Gasteiger partial charge on any atom is -0.299 e. The highest BCUT2D eigenvalue weighted by Gasteiger charge is 2.37. The largest absolute Gasteiger partial charge is 0.299 e. The molecule has 0 saturated carbocycles. The molecular weight excluding hydrogens is 296 g/mol. The molecule has 0 unspecified atom stereocenters. The van der Waals surface area contributed by atoms with Gasteiger partial charge >= 0.3 is 0 Å². The lowest BCUT2D eigenvalue weighted by atomic mass is 9.78. The molecule has 1 fully saturated rings. The fourth-order valence-corrected chi connectivity index (χ4v) is 5.62. The zero-order valence-electron chi connectivity index (χ0n) is 11.6. The molecule has 0 bridgehead atoms. The Labute approximate surface area is 133 Å². The number of carbonyl (C=O) groups is 1. The van der Waals surface area contributed by atoms with E-state index >= 15 is 0 Å². The lowest BCUT2D eigenvalue weighted by Gasteiger charge is -2.34. The molecule has 1 atom stereocenters. The first-order valence-electron chi connectivity index (χ1n) is 7.31. The topological polar surface area (TPSA) is 17.1 Å². The van der Waals surface area contributed by atoms with Crippen LogP contribution >= 0.6 is 23.5 Å². The predicted octanol–water partition coefficient (Wildman–Crippen LogP) is 4.61. The summed E-state index contributed by atoms with van der Waals surface area (Å²) in [4.78, 5) is 15.1. The smallest absolute Gasteiger partial charge is 0.138 e. The Morgan fingerprint density at radius 1 is 0.905 bits per heavy atom. The van der Waals surface area contributed by atoms with E-state index in [1.165, 1.54) is 20.9 Å². The second-order valence-electron chi connectivity index (χ2n) is 5.55. The summed E-state index contributed by atoms with van der Waals surface area (Å²) in [6.45, 7) is 0. The molecular formula is C18H16OS2. The minimum absolute atomic E-state index is 0.131. The Morgan fingerprint density at radius 3 is 2.14 bits per heavy atom. The molecule has 0 radical (unpaired) electrons. The quantitative estimate of drug-likeness (QED) is 0.766. The lowest BCUT2D eigenvalue weighted by molar-refractivity contribution is -0.122. The molecule has 0 aliphatic carbocycles. The predicted molar refractivity (Wildman–Crippen MR) is 89.3 cm³/mol. The molecule has 3 heteroatoms. The van der Waals surface area contributed by atoms with Crippen LogP contribution in [0.25, 0.3) is 0 Å². The van der Waals surface area contributed by atoms with Crippen LogP contribution in [0.3, 0.4) is 0 Å². The monoisotopic (exact) mass is 312 g/mol. The Balaban J connectivity index is 1.87. The highest BCUT2D eigenvalue weighted by atomic mass is 32.2. The van der Waals surface area contributed by atoms with Crippen molar-refractivity contribution in [2.45, 2.75) is 22.1 Å². The van der Waals surface area contributed by atoms with Gasteiger partial charge in [-0.2, -0.15) is 11.8 Å². The number of rotatable bonds is 1. The summed E-state index contributed by atoms with van der Waals surface area (Å²) in [5.41, 5.74) is 2.67. The van der Waals surface area contributed by atoms with Gasteiger partial charge in [0.15, 0.2) is 0 Å². The van der Waals surface area contributed by atoms with Gasteiger partial charge in [0.05, 0.1) is 0 Å². The number of ketones is 1. The average Bonchev–Trinajstić information content (AvgIpc) is 2.53. The number of benzene rings is 2. The molecule has 2 aliphatic heterocycles. The van der Waals surface area contributed by atoms with Gasteiger partial charge in [0.1, 0.15) is 5.78 Å². The third-order valence-corrected chi connectivity index (χ3v) is 6.61. The lowest BCUT2D eigenvalue weighted by Crippen LogP contribution is -2.30. The van der Waals surface area contributed by atoms with Crippen molar-refractivity contribution < 1.29 is 4.79 Å². The number of hydrogen-bond donors (Lipinski definition) is 0. The zero-order chi connectivity index (χ0) is 14.2. The zero-order valence-corrected chi connectivity index (χ0v) is 13.3. The van der Waals surface area contributed by atoms with Crippen LogP contribution in [0.15, 0.2) is 58.3 Å². The Hall–Kier alpha value is -1.19. The van der Waals surface area contributed by atoms with E-state index in [2.05, 4.69) is 48.5 Å². The van der Waals surface area contributed by atoms with Crippen LogP contribution in [0, 0.1) is 5.92 Å². The molecule has 2 heterocycles. The molecule has 2 aromatic carbocycles. The van der Waals surface area contributed by atoms with Crippen molar-refractivity contribution in [3.05, 3.63) is 59.7 Å². The van der Waals surface area contributed by atoms with Crippen molar-refractivity contribution in [3.63, 3.8) is 0 Å². The maximum Gasteiger partial charge on any atom is 0.138 e. The van der Waals surface area contributed by atoms with Gasteiger partial charge < -0.3 is 0 Å². The van der Waals surface area contributed by atoms with Gasteiger partial charge in [0, 0.05) is 39.6 Å². The fraction of sp³-hybridized carbons (Fsp3) is 0.278. The van der Waals surface area contributed by atoms with Crippen LogP contribution in [-0.4, -0.2) is 17.3 Å². The summed E-state index contributed by atoms with van der Waals surface area (Å²) in [6.07, 6.45) is 0.726. The maximum absolute atomic E-state index is 12.5. The van der Waals surface area contributed by atoms with Gasteiger partial charge in [-0.15, -0.1) is 0 Å². The van der Waals surface area contributed by atoms with E-state index < -0.39 is 0 Å². The van der Waals surface area contributed by atoms with Crippen molar-refractivity contribution in [1.82, 2.24) is 0 Å². The highest BCUT2D eigenvalue weighted by molar-refractivity contribution is 7.99. The first kappa shape index (κ1) is 13.5. The molecule has 0 N–H and O–H groups in total. The van der Waals surface area contributed by atoms with Crippen LogP contribution in [0.1, 0.15) is 23.5 Å². The molecule has 0 amide bonds. The van der Waals surface area contributed by atoms with Crippen LogP contribution in [0.5, 0.6) is 0 Å². The van der Waals surface area contributed by atoms with E-state index in [4.69, 9.17) is 0 Å². The van der Waals surface area contributed by atoms with E-state index in [0.29, 0.717) is 5.78 Å². The van der Waals surface area contributed by atoms with Crippen molar-refractivity contribution in [1.29, 1.82) is 0 Å². The van der Waals surface area contributed by atoms with E-state index in [1.807, 2.05) is 23.5 Å². The van der Waals surface area contributed by atoms with Crippen molar-refractivity contribution in [2.75, 3.05) is 11.5 Å². The number of hydrogen-bond acceptors (Lipinski definition) is 3. The Morgan fingerprint density at radius 2 is 1.52 bits per heavy atom. The Kier molecular flexibility index (Phi) is 3.56. The number of fused-ring (bicyclic) bond motifs is 2. The third-order valence-electron chi connectivity index (χ3n) is 4.33. The van der Waals surface area contributed by atoms with Gasteiger partial charge in [0.25, 0.3) is 0 Å². The molecule has 0 aromatic heterocycles. The van der Waals surface area contributed by atoms with Crippen LogP contribution in [0.4, 0.5) is 0 Å². The molecule has 0 spiro atoms. The SMILES string of the molecule is O=C1CCSC[C@@H]1C1c2ccccc2Sc2ccccc21. The highest BCUT2D eigenvalue weighted by Crippen LogP contribution is 2.50. The number of Topliss-reactive ketones (excluding diaryl/α,β-unsaturated/α-hetero) is 1. The van der Waals surface area contributed by atoms with Gasteiger partial charge in [0.2, 0.25) is 0 Å². The summed E-state index contributed by atoms with van der Waals surface area (Å²) in [5.74, 6) is 2.75. The number of thioether (sulfide) groups is 1. The molecule has 106 valence electrons. The van der Waals surface area contributed by atoms with E-state index in [1.54, 1.807) is 0 Å². The fourth-order valence-electron chi connectivity index (χ4n) is 3.32. The Bertz CT molecular complexity index is 650. The van der Waals surface area contributed by atoms with E-state index in [0.717, 1.165) is 17.9 Å². The molecule has 1 saturated heterocycles. The molecule has 2 aliphatic rings. The van der Waals surface area contributed by atoms with E-state index in [-0.39, 0.29) is 11.8 Å². The summed E-state index contributed by atoms with van der Waals surface area (Å²) in [6, 6.07) is 17.2. The van der Waals surface area contributed by atoms with Gasteiger partial charge in [-0.05, 0) is 23.3 Å². The van der Waals surface area contributed by atoms with Crippen molar-refractivity contribution >= 4 is 29.3 Å². The van der Waals surface area contributed by atoms with Crippen LogP contribution < -0.4 is 0 Å². The summed E-state index contributed by atoms with van der Waals surface area (Å²) in [5, 5.41) is 0. The standard InChI is InChI=1S/C18H16OS2/c19-15-9-10-20-11-14(15)18-12-5-1-3-7-16(12)21-17-8-4-2-6-13(17)18/h1-8,14,18H,9-11H2/t14-/m0/s1. The summed E-state index contributed by atoms with van der Waals surface area (Å²) < 4.78 is 0. The van der Waals surface area contributed by atoms with Crippen molar-refractivity contribution in [2.24, 2.45) is 5.92 Å². The minimum atomic E-state index is 0.131. The molecule has 21 heavy (non-hydrogen) atoms. The third kappa shape index (κ3) is 2.33. The summed E-state index contributed by atoms with van der Waals surface area (Å²) >= 11 is 3.76. The molecule has 2 aromatic rings. The van der Waals surface area contributed by atoms with Crippen LogP contribution in [-0.2, 0) is 4.79 Å². The van der Waals surface area contributed by atoms with E-state index in [9.17, 15) is 4.79 Å².